The third kappa shape index (κ3) is 5.94. The molecule has 15 heteroatoms. The third-order valence-corrected chi connectivity index (χ3v) is 10.3. The highest BCUT2D eigenvalue weighted by Crippen LogP contribution is 2.46. The van der Waals surface area contributed by atoms with Crippen molar-refractivity contribution in [2.24, 2.45) is 0 Å². The van der Waals surface area contributed by atoms with Gasteiger partial charge >= 0.3 is 11.4 Å². The monoisotopic (exact) mass is 693 g/mol. The molecule has 0 bridgehead atoms. The molecule has 6 rings (SSSR count). The van der Waals surface area contributed by atoms with Gasteiger partial charge < -0.3 is 19.9 Å². The first kappa shape index (κ1) is 31.5. The summed E-state index contributed by atoms with van der Waals surface area (Å²) in [5.41, 5.74) is -1.22. The quantitative estimate of drug-likeness (QED) is 0.252. The summed E-state index contributed by atoms with van der Waals surface area (Å²) in [7, 11) is 0. The number of pyridine rings is 1. The van der Waals surface area contributed by atoms with Crippen molar-refractivity contribution in [2.45, 2.75) is 59.5 Å². The van der Waals surface area contributed by atoms with Gasteiger partial charge in [0, 0.05) is 35.5 Å². The molecule has 3 aliphatic rings. The van der Waals surface area contributed by atoms with Crippen molar-refractivity contribution in [3.8, 4) is 11.8 Å². The van der Waals surface area contributed by atoms with Crippen LogP contribution in [0.1, 0.15) is 58.9 Å². The second kappa shape index (κ2) is 12.0. The largest absolute Gasteiger partial charge is 0.506 e. The molecule has 3 amide bonds. The molecule has 3 heterocycles. The van der Waals surface area contributed by atoms with Crippen LogP contribution in [-0.4, -0.2) is 51.0 Å². The Balaban J connectivity index is 1.40. The Kier molecular flexibility index (Phi) is 8.41. The number of carbonyl (C=O) groups excluding carboxylic acids is 2. The first-order chi connectivity index (χ1) is 21.4. The summed E-state index contributed by atoms with van der Waals surface area (Å²) in [6, 6.07) is 9.71. The van der Waals surface area contributed by atoms with Gasteiger partial charge in [0.2, 0.25) is 0 Å². The van der Waals surface area contributed by atoms with Crippen molar-refractivity contribution >= 4 is 64.2 Å². The molecule has 0 spiro atoms. The summed E-state index contributed by atoms with van der Waals surface area (Å²) in [5, 5.41) is 17.1. The smallest absolute Gasteiger partial charge is 0.362 e. The summed E-state index contributed by atoms with van der Waals surface area (Å²) in [6.45, 7) is 0.962. The second-order valence-electron chi connectivity index (χ2n) is 11.0. The van der Waals surface area contributed by atoms with E-state index in [0.717, 1.165) is 37.1 Å². The number of phenolic OH excluding ortho intramolecular Hbond substituents is 1. The normalized spacial score (nSPS) is 18.3. The highest BCUT2D eigenvalue weighted by molar-refractivity contribution is 7.99. The minimum atomic E-state index is -3.96. The van der Waals surface area contributed by atoms with E-state index >= 15 is 0 Å². The number of hydrogen-bond acceptors (Lipinski definition) is 6. The standard InChI is InChI=1S/C30H24Cl3F2N5O4S/c31-18-3-1-4-19(32)26(18)45-23-13-24(30(33,34)35)37-27(42)25(23)28(43)40-14-15-11-21(22(41)12-17(15)20(40)7-8-36)39-10-2-9-38(29(39)44)16-5-6-16/h1,3-4,11-13,16,20,41H,2,5-7,9-10,14H2,(H,37,42)/t20-/m1/s1. The molecule has 3 aromatic rings. The van der Waals surface area contributed by atoms with Gasteiger partial charge in [-0.15, -0.1) is 0 Å². The number of H-pyrrole nitrogens is 1. The number of carbonyl (C=O) groups is 2. The van der Waals surface area contributed by atoms with Crippen LogP contribution in [0.25, 0.3) is 0 Å². The summed E-state index contributed by atoms with van der Waals surface area (Å²) in [4.78, 5) is 47.4. The van der Waals surface area contributed by atoms with Gasteiger partial charge in [-0.2, -0.15) is 14.0 Å². The van der Waals surface area contributed by atoms with Gasteiger partial charge in [-0.1, -0.05) is 41.0 Å². The zero-order chi connectivity index (χ0) is 32.2. The molecule has 1 atom stereocenters. The molecule has 45 heavy (non-hydrogen) atoms. The van der Waals surface area contributed by atoms with Crippen molar-refractivity contribution in [3.05, 3.63) is 79.2 Å². The lowest BCUT2D eigenvalue weighted by Gasteiger charge is -2.36. The van der Waals surface area contributed by atoms with E-state index in [1.165, 1.54) is 28.0 Å². The Labute approximate surface area is 275 Å². The number of hydrogen-bond donors (Lipinski definition) is 2. The molecule has 9 nitrogen and oxygen atoms in total. The molecule has 1 aliphatic carbocycles. The summed E-state index contributed by atoms with van der Waals surface area (Å²) < 4.78 is 28.3. The topological polar surface area (TPSA) is 121 Å². The Hall–Kier alpha value is -3.50. The van der Waals surface area contributed by atoms with Crippen molar-refractivity contribution < 1.29 is 23.5 Å². The van der Waals surface area contributed by atoms with Crippen molar-refractivity contribution in [1.82, 2.24) is 14.8 Å². The number of phenols is 1. The van der Waals surface area contributed by atoms with Gasteiger partial charge in [-0.3, -0.25) is 14.5 Å². The molecule has 0 radical (unpaired) electrons. The van der Waals surface area contributed by atoms with Crippen LogP contribution in [0, 0.1) is 11.3 Å². The molecule has 1 saturated heterocycles. The van der Waals surface area contributed by atoms with Gasteiger partial charge in [0.1, 0.15) is 17.0 Å². The Bertz CT molecular complexity index is 1800. The number of aromatic nitrogens is 1. The van der Waals surface area contributed by atoms with Gasteiger partial charge in [0.25, 0.3) is 11.5 Å². The van der Waals surface area contributed by atoms with E-state index in [1.807, 2.05) is 11.1 Å². The molecule has 234 valence electrons. The molecule has 2 aromatic carbocycles. The van der Waals surface area contributed by atoms with E-state index in [4.69, 9.17) is 34.8 Å². The summed E-state index contributed by atoms with van der Waals surface area (Å²) in [6.07, 6.45) is 2.41. The number of amides is 3. The lowest BCUT2D eigenvalue weighted by Crippen LogP contribution is -2.50. The van der Waals surface area contributed by atoms with Crippen LogP contribution in [0.4, 0.5) is 19.3 Å². The zero-order valence-electron chi connectivity index (χ0n) is 23.3. The fourth-order valence-corrected chi connectivity index (χ4v) is 7.52. The average Bonchev–Trinajstić information content (AvgIpc) is 3.77. The van der Waals surface area contributed by atoms with E-state index in [1.54, 1.807) is 17.0 Å². The van der Waals surface area contributed by atoms with Crippen molar-refractivity contribution in [3.63, 3.8) is 0 Å². The van der Waals surface area contributed by atoms with E-state index in [2.05, 4.69) is 0 Å². The lowest BCUT2D eigenvalue weighted by molar-refractivity contribution is 0.0684. The molecular weight excluding hydrogens is 671 g/mol. The maximum atomic E-state index is 14.2. The lowest BCUT2D eigenvalue weighted by atomic mass is 10.0. The molecule has 2 fully saturated rings. The minimum absolute atomic E-state index is 0.0774. The number of nitrogens with zero attached hydrogens (tertiary/aromatic N) is 4. The number of alkyl halides is 3. The predicted molar refractivity (Wildman–Crippen MR) is 165 cm³/mol. The first-order valence-electron chi connectivity index (χ1n) is 14.0. The van der Waals surface area contributed by atoms with E-state index < -0.39 is 34.1 Å². The maximum absolute atomic E-state index is 14.2. The Morgan fingerprint density at radius 1 is 1.16 bits per heavy atom. The maximum Gasteiger partial charge on any atom is 0.362 e. The number of urea groups is 1. The van der Waals surface area contributed by atoms with Gasteiger partial charge in [-0.05, 0) is 72.3 Å². The summed E-state index contributed by atoms with van der Waals surface area (Å²) in [5.74, 6) is -1.04. The van der Waals surface area contributed by atoms with Crippen molar-refractivity contribution in [1.29, 1.82) is 5.26 Å². The Morgan fingerprint density at radius 2 is 1.87 bits per heavy atom. The Morgan fingerprint density at radius 3 is 2.51 bits per heavy atom. The number of nitriles is 1. The molecule has 1 saturated carbocycles. The highest BCUT2D eigenvalue weighted by atomic mass is 35.5. The first-order valence-corrected chi connectivity index (χ1v) is 15.9. The minimum Gasteiger partial charge on any atom is -0.506 e. The average molecular weight is 695 g/mol. The SMILES string of the molecule is N#CC[C@@H]1c2cc(O)c(N3CCCN(C4CC4)C3=O)cc2CN1C(=O)c1c(Sc2c(Cl)cccc2Cl)cc(C(F)(F)Cl)[nH]c1=O. The molecular formula is C30H24Cl3F2N5O4S. The molecule has 2 aliphatic heterocycles. The van der Waals surface area contributed by atoms with Crippen LogP contribution in [-0.2, 0) is 11.9 Å². The summed E-state index contributed by atoms with van der Waals surface area (Å²) >= 11 is 18.6. The number of halogens is 5. The fraction of sp³-hybridized carbons (Fsp3) is 0.333. The van der Waals surface area contributed by atoms with Gasteiger partial charge in [0.15, 0.2) is 0 Å². The second-order valence-corrected chi connectivity index (χ2v) is 13.3. The fourth-order valence-electron chi connectivity index (χ4n) is 5.78. The van der Waals surface area contributed by atoms with Gasteiger partial charge in [0.05, 0.1) is 34.3 Å². The number of fused-ring (bicyclic) bond motifs is 1. The number of anilines is 1. The number of aromatic amines is 1. The van der Waals surface area contributed by atoms with Crippen LogP contribution >= 0.6 is 46.6 Å². The number of nitrogens with one attached hydrogen (secondary N) is 1. The van der Waals surface area contributed by atoms with Crippen molar-refractivity contribution in [2.75, 3.05) is 18.0 Å². The highest BCUT2D eigenvalue weighted by Gasteiger charge is 2.41. The van der Waals surface area contributed by atoms with E-state index in [9.17, 15) is 33.5 Å². The molecule has 2 N–H and O–H groups in total. The molecule has 1 aromatic heterocycles. The van der Waals surface area contributed by atoms with Crippen LogP contribution in [0.5, 0.6) is 5.75 Å². The van der Waals surface area contributed by atoms with Crippen LogP contribution in [0.3, 0.4) is 0 Å². The van der Waals surface area contributed by atoms with E-state index in [-0.39, 0.29) is 56.3 Å². The van der Waals surface area contributed by atoms with Crippen LogP contribution < -0.4 is 10.5 Å². The van der Waals surface area contributed by atoms with Crippen LogP contribution in [0.15, 0.2) is 51.0 Å². The third-order valence-electron chi connectivity index (χ3n) is 8.04. The van der Waals surface area contributed by atoms with Crippen LogP contribution in [0.2, 0.25) is 10.0 Å². The molecule has 0 unspecified atom stereocenters. The number of benzene rings is 2. The number of aromatic hydroxyl groups is 1. The number of rotatable bonds is 7. The van der Waals surface area contributed by atoms with Gasteiger partial charge in [-0.25, -0.2) is 4.79 Å². The predicted octanol–water partition coefficient (Wildman–Crippen LogP) is 7.23. The van der Waals surface area contributed by atoms with E-state index in [0.29, 0.717) is 24.2 Å². The zero-order valence-corrected chi connectivity index (χ0v) is 26.4.